The summed E-state index contributed by atoms with van der Waals surface area (Å²) in [5.41, 5.74) is 4.25. The number of halogens is 1. The molecule has 0 atom stereocenters. The Balaban J connectivity index is 2.19. The van der Waals surface area contributed by atoms with Crippen molar-refractivity contribution in [1.82, 2.24) is 15.5 Å². The van der Waals surface area contributed by atoms with E-state index in [1.165, 1.54) is 11.3 Å². The summed E-state index contributed by atoms with van der Waals surface area (Å²) in [6.45, 7) is 1.80. The van der Waals surface area contributed by atoms with Gasteiger partial charge in [0.2, 0.25) is 0 Å². The lowest BCUT2D eigenvalue weighted by Crippen LogP contribution is -2.23. The summed E-state index contributed by atoms with van der Waals surface area (Å²) >= 11 is 3.51. The highest BCUT2D eigenvalue weighted by atomic mass is 79.9. The van der Waals surface area contributed by atoms with Crippen LogP contribution in [0.1, 0.15) is 11.3 Å². The zero-order chi connectivity index (χ0) is 14.1. The van der Waals surface area contributed by atoms with Gasteiger partial charge in [0, 0.05) is 40.8 Å². The van der Waals surface area contributed by atoms with Crippen LogP contribution in [0.15, 0.2) is 16.6 Å². The number of aromatic nitrogens is 2. The average molecular weight is 338 g/mol. The summed E-state index contributed by atoms with van der Waals surface area (Å²) in [4.78, 5) is 0. The van der Waals surface area contributed by atoms with E-state index >= 15 is 0 Å². The first-order chi connectivity index (χ1) is 9.74. The third kappa shape index (κ3) is 2.19. The maximum Gasteiger partial charge on any atom is 0.170 e. The molecule has 20 heavy (non-hydrogen) atoms. The van der Waals surface area contributed by atoms with Gasteiger partial charge >= 0.3 is 0 Å². The minimum atomic E-state index is 0.692. The Bertz CT molecular complexity index is 640. The largest absolute Gasteiger partial charge is 0.493 e. The van der Waals surface area contributed by atoms with Gasteiger partial charge in [0.15, 0.2) is 11.5 Å². The molecule has 6 heteroatoms. The highest BCUT2D eigenvalue weighted by Gasteiger charge is 2.22. The molecule has 0 amide bonds. The van der Waals surface area contributed by atoms with Crippen LogP contribution < -0.4 is 14.8 Å². The van der Waals surface area contributed by atoms with Gasteiger partial charge < -0.3 is 14.8 Å². The molecule has 0 fully saturated rings. The van der Waals surface area contributed by atoms with Crippen LogP contribution in [-0.4, -0.2) is 31.0 Å². The Kier molecular flexibility index (Phi) is 3.67. The van der Waals surface area contributed by atoms with Crippen LogP contribution in [0.3, 0.4) is 0 Å². The van der Waals surface area contributed by atoms with Crippen molar-refractivity contribution in [2.75, 3.05) is 20.8 Å². The van der Waals surface area contributed by atoms with Gasteiger partial charge in [-0.2, -0.15) is 5.10 Å². The van der Waals surface area contributed by atoms with Crippen molar-refractivity contribution in [3.05, 3.63) is 27.9 Å². The van der Waals surface area contributed by atoms with Gasteiger partial charge in [0.1, 0.15) is 5.69 Å². The molecule has 2 heterocycles. The quantitative estimate of drug-likeness (QED) is 0.903. The minimum absolute atomic E-state index is 0.692. The first kappa shape index (κ1) is 13.5. The van der Waals surface area contributed by atoms with Crippen LogP contribution in [0.5, 0.6) is 11.5 Å². The molecule has 0 unspecified atom stereocenters. The number of methoxy groups -OCH3 is 2. The summed E-state index contributed by atoms with van der Waals surface area (Å²) in [6.07, 6.45) is 0.968. The second-order valence-corrected chi connectivity index (χ2v) is 5.56. The number of nitrogens with one attached hydrogen (secondary N) is 2. The zero-order valence-corrected chi connectivity index (χ0v) is 13.0. The molecular formula is C14H16BrN3O2. The van der Waals surface area contributed by atoms with E-state index in [-0.39, 0.29) is 0 Å². The molecule has 0 radical (unpaired) electrons. The predicted molar refractivity (Wildman–Crippen MR) is 80.2 cm³/mol. The highest BCUT2D eigenvalue weighted by Crippen LogP contribution is 2.41. The first-order valence-electron chi connectivity index (χ1n) is 6.43. The molecule has 5 nitrogen and oxygen atoms in total. The fraction of sp³-hybridized carbons (Fsp3) is 0.357. The molecule has 1 aliphatic heterocycles. The van der Waals surface area contributed by atoms with E-state index in [0.29, 0.717) is 11.5 Å². The van der Waals surface area contributed by atoms with Crippen LogP contribution >= 0.6 is 15.9 Å². The van der Waals surface area contributed by atoms with Crippen LogP contribution in [0.25, 0.3) is 11.3 Å². The summed E-state index contributed by atoms with van der Waals surface area (Å²) in [6, 6.07) is 3.89. The molecule has 0 bridgehead atoms. The molecular weight excluding hydrogens is 322 g/mol. The molecule has 1 aliphatic rings. The molecule has 0 spiro atoms. The Morgan fingerprint density at radius 2 is 2.10 bits per heavy atom. The van der Waals surface area contributed by atoms with Crippen molar-refractivity contribution < 1.29 is 9.47 Å². The molecule has 0 aliphatic carbocycles. The van der Waals surface area contributed by atoms with Gasteiger partial charge in [-0.05, 0) is 12.1 Å². The third-order valence-corrected chi connectivity index (χ3v) is 3.96. The van der Waals surface area contributed by atoms with Gasteiger partial charge in [0.05, 0.1) is 14.2 Å². The number of rotatable bonds is 3. The van der Waals surface area contributed by atoms with Gasteiger partial charge in [0.25, 0.3) is 0 Å². The molecule has 0 saturated heterocycles. The SMILES string of the molecule is COc1cc(Br)cc(-c2n[nH]c3c2CNCC3)c1OC. The fourth-order valence-electron chi connectivity index (χ4n) is 2.55. The van der Waals surface area contributed by atoms with Crippen molar-refractivity contribution in [3.63, 3.8) is 0 Å². The fourth-order valence-corrected chi connectivity index (χ4v) is 2.99. The van der Waals surface area contributed by atoms with Gasteiger partial charge in [-0.3, -0.25) is 5.10 Å². The smallest absolute Gasteiger partial charge is 0.170 e. The lowest BCUT2D eigenvalue weighted by molar-refractivity contribution is 0.356. The number of fused-ring (bicyclic) bond motifs is 1. The summed E-state index contributed by atoms with van der Waals surface area (Å²) < 4.78 is 11.8. The number of hydrogen-bond donors (Lipinski definition) is 2. The van der Waals surface area contributed by atoms with E-state index in [2.05, 4.69) is 31.4 Å². The van der Waals surface area contributed by atoms with Crippen LogP contribution in [0.2, 0.25) is 0 Å². The van der Waals surface area contributed by atoms with E-state index in [1.807, 2.05) is 12.1 Å². The normalized spacial score (nSPS) is 13.9. The maximum atomic E-state index is 5.52. The van der Waals surface area contributed by atoms with Crippen LogP contribution in [0, 0.1) is 0 Å². The molecule has 1 aromatic carbocycles. The molecule has 0 saturated carbocycles. The van der Waals surface area contributed by atoms with Gasteiger partial charge in [-0.25, -0.2) is 0 Å². The Labute approximate surface area is 125 Å². The number of aromatic amines is 1. The molecule has 3 rings (SSSR count). The molecule has 106 valence electrons. The lowest BCUT2D eigenvalue weighted by atomic mass is 10.0. The van der Waals surface area contributed by atoms with E-state index in [4.69, 9.17) is 9.47 Å². The van der Waals surface area contributed by atoms with E-state index in [1.54, 1.807) is 14.2 Å². The first-order valence-corrected chi connectivity index (χ1v) is 7.22. The van der Waals surface area contributed by atoms with Crippen molar-refractivity contribution in [2.45, 2.75) is 13.0 Å². The molecule has 1 aromatic heterocycles. The standard InChI is InChI=1S/C14H16BrN3O2/c1-19-12-6-8(15)5-9(14(12)20-2)13-10-7-16-4-3-11(10)17-18-13/h5-6,16H,3-4,7H2,1-2H3,(H,17,18). The van der Waals surface area contributed by atoms with Gasteiger partial charge in [-0.1, -0.05) is 15.9 Å². The van der Waals surface area contributed by atoms with Crippen molar-refractivity contribution in [2.24, 2.45) is 0 Å². The van der Waals surface area contributed by atoms with Crippen molar-refractivity contribution >= 4 is 15.9 Å². The Morgan fingerprint density at radius 1 is 1.25 bits per heavy atom. The van der Waals surface area contributed by atoms with Crippen molar-refractivity contribution in [1.29, 1.82) is 0 Å². The van der Waals surface area contributed by atoms with Gasteiger partial charge in [-0.15, -0.1) is 0 Å². The Morgan fingerprint density at radius 3 is 2.85 bits per heavy atom. The maximum absolute atomic E-state index is 5.52. The number of nitrogens with zero attached hydrogens (tertiary/aromatic N) is 1. The highest BCUT2D eigenvalue weighted by molar-refractivity contribution is 9.10. The number of benzene rings is 1. The zero-order valence-electron chi connectivity index (χ0n) is 11.4. The lowest BCUT2D eigenvalue weighted by Gasteiger charge is -2.16. The number of hydrogen-bond acceptors (Lipinski definition) is 4. The predicted octanol–water partition coefficient (Wildman–Crippen LogP) is 2.50. The van der Waals surface area contributed by atoms with E-state index in [0.717, 1.165) is 35.2 Å². The minimum Gasteiger partial charge on any atom is -0.493 e. The topological polar surface area (TPSA) is 59.2 Å². The van der Waals surface area contributed by atoms with Crippen LogP contribution in [-0.2, 0) is 13.0 Å². The van der Waals surface area contributed by atoms with E-state index in [9.17, 15) is 0 Å². The van der Waals surface area contributed by atoms with Crippen LogP contribution in [0.4, 0.5) is 0 Å². The second kappa shape index (κ2) is 5.46. The molecule has 2 aromatic rings. The Hall–Kier alpha value is -1.53. The average Bonchev–Trinajstić information content (AvgIpc) is 2.90. The summed E-state index contributed by atoms with van der Waals surface area (Å²) in [7, 11) is 3.28. The summed E-state index contributed by atoms with van der Waals surface area (Å²) in [5.74, 6) is 1.40. The molecule has 2 N–H and O–H groups in total. The monoisotopic (exact) mass is 337 g/mol. The van der Waals surface area contributed by atoms with Crippen molar-refractivity contribution in [3.8, 4) is 22.8 Å². The summed E-state index contributed by atoms with van der Waals surface area (Å²) in [5, 5.41) is 11.0. The second-order valence-electron chi connectivity index (χ2n) is 4.64. The number of H-pyrrole nitrogens is 1. The number of ether oxygens (including phenoxy) is 2. The third-order valence-electron chi connectivity index (χ3n) is 3.51. The van der Waals surface area contributed by atoms with E-state index < -0.39 is 0 Å².